The van der Waals surface area contributed by atoms with Gasteiger partial charge in [-0.15, -0.1) is 11.8 Å². The largest absolute Gasteiger partial charge is 0.478 e. The molecule has 1 fully saturated rings. The summed E-state index contributed by atoms with van der Waals surface area (Å²) < 4.78 is 5.84. The molecule has 0 atom stereocenters. The first-order chi connectivity index (χ1) is 11.2. The second kappa shape index (κ2) is 8.22. The summed E-state index contributed by atoms with van der Waals surface area (Å²) >= 11 is 8.08. The molecule has 1 aromatic heterocycles. The Morgan fingerprint density at radius 3 is 3.00 bits per heavy atom. The van der Waals surface area contributed by atoms with Crippen LogP contribution >= 0.6 is 23.4 Å². The van der Waals surface area contributed by atoms with Crippen LogP contribution in [0.3, 0.4) is 0 Å². The van der Waals surface area contributed by atoms with E-state index in [-0.39, 0.29) is 0 Å². The van der Waals surface area contributed by atoms with E-state index >= 15 is 0 Å². The molecule has 0 radical (unpaired) electrons. The minimum atomic E-state index is 0.716. The van der Waals surface area contributed by atoms with Gasteiger partial charge in [0, 0.05) is 34.6 Å². The van der Waals surface area contributed by atoms with Gasteiger partial charge in [0.2, 0.25) is 5.88 Å². The van der Waals surface area contributed by atoms with Gasteiger partial charge in [-0.3, -0.25) is 4.90 Å². The number of benzene rings is 1. The molecule has 1 saturated heterocycles. The number of pyridine rings is 1. The Morgan fingerprint density at radius 2 is 2.17 bits per heavy atom. The molecule has 5 heteroatoms. The van der Waals surface area contributed by atoms with E-state index in [1.165, 1.54) is 37.6 Å². The fraction of sp³-hybridized carbons (Fsp3) is 0.500. The van der Waals surface area contributed by atoms with Gasteiger partial charge >= 0.3 is 0 Å². The summed E-state index contributed by atoms with van der Waals surface area (Å²) in [5.41, 5.74) is 2.09. The molecule has 3 nitrogen and oxygen atoms in total. The second-order valence-electron chi connectivity index (χ2n) is 6.00. The van der Waals surface area contributed by atoms with Crippen LogP contribution in [0.15, 0.2) is 24.3 Å². The smallest absolute Gasteiger partial charge is 0.214 e. The van der Waals surface area contributed by atoms with Crippen molar-refractivity contribution in [2.45, 2.75) is 26.2 Å². The van der Waals surface area contributed by atoms with Crippen molar-refractivity contribution in [2.75, 3.05) is 31.3 Å². The van der Waals surface area contributed by atoms with Crippen LogP contribution in [0.1, 0.15) is 24.8 Å². The Kier molecular flexibility index (Phi) is 6.03. The van der Waals surface area contributed by atoms with Crippen LogP contribution in [-0.2, 0) is 0 Å². The number of rotatable bonds is 7. The first kappa shape index (κ1) is 16.9. The molecule has 3 rings (SSSR count). The summed E-state index contributed by atoms with van der Waals surface area (Å²) in [7, 11) is 0. The maximum absolute atomic E-state index is 6.05. The van der Waals surface area contributed by atoms with Crippen LogP contribution in [0, 0.1) is 6.92 Å². The van der Waals surface area contributed by atoms with Crippen LogP contribution in [0.2, 0.25) is 5.02 Å². The topological polar surface area (TPSA) is 25.4 Å². The highest BCUT2D eigenvalue weighted by Gasteiger charge is 2.10. The zero-order chi connectivity index (χ0) is 16.1. The van der Waals surface area contributed by atoms with Gasteiger partial charge in [-0.1, -0.05) is 11.6 Å². The molecule has 0 spiro atoms. The molecule has 0 amide bonds. The fourth-order valence-electron chi connectivity index (χ4n) is 2.83. The molecule has 0 saturated carbocycles. The molecule has 23 heavy (non-hydrogen) atoms. The molecular weight excluding hydrogens is 328 g/mol. The standard InChI is InChI=1S/C18H23ClN2OS/c1-14-11-18(20-17-6-5-15(19)12-16(14)17)22-9-4-2-3-7-21-8-10-23-13-21/h5-6,11-12H,2-4,7-10,13H2,1H3. The minimum Gasteiger partial charge on any atom is -0.478 e. The number of thioether (sulfide) groups is 1. The van der Waals surface area contributed by atoms with E-state index < -0.39 is 0 Å². The fourth-order valence-corrected chi connectivity index (χ4v) is 4.03. The second-order valence-corrected chi connectivity index (χ2v) is 7.51. The highest BCUT2D eigenvalue weighted by Crippen LogP contribution is 2.24. The van der Waals surface area contributed by atoms with Crippen LogP contribution in [0.4, 0.5) is 0 Å². The number of nitrogens with zero attached hydrogens (tertiary/aromatic N) is 2. The Hall–Kier alpha value is -0.970. The van der Waals surface area contributed by atoms with Crippen molar-refractivity contribution < 1.29 is 4.74 Å². The van der Waals surface area contributed by atoms with Crippen LogP contribution < -0.4 is 4.74 Å². The van der Waals surface area contributed by atoms with Crippen LogP contribution in [0.5, 0.6) is 5.88 Å². The number of ether oxygens (including phenoxy) is 1. The van der Waals surface area contributed by atoms with Crippen molar-refractivity contribution in [1.82, 2.24) is 9.88 Å². The molecule has 1 aliphatic heterocycles. The monoisotopic (exact) mass is 350 g/mol. The van der Waals surface area contributed by atoms with Gasteiger partial charge in [-0.25, -0.2) is 4.98 Å². The Balaban J connectivity index is 1.44. The van der Waals surface area contributed by atoms with Crippen molar-refractivity contribution >= 4 is 34.3 Å². The Bertz CT molecular complexity index is 659. The van der Waals surface area contributed by atoms with Gasteiger partial charge in [0.25, 0.3) is 0 Å². The third kappa shape index (κ3) is 4.75. The quantitative estimate of drug-likeness (QED) is 0.673. The van der Waals surface area contributed by atoms with Gasteiger partial charge < -0.3 is 4.74 Å². The van der Waals surface area contributed by atoms with E-state index in [4.69, 9.17) is 16.3 Å². The number of aryl methyl sites for hydroxylation is 1. The average molecular weight is 351 g/mol. The zero-order valence-corrected chi connectivity index (χ0v) is 15.1. The van der Waals surface area contributed by atoms with Crippen molar-refractivity contribution in [3.05, 3.63) is 34.9 Å². The van der Waals surface area contributed by atoms with Crippen LogP contribution in [-0.4, -0.2) is 41.2 Å². The lowest BCUT2D eigenvalue weighted by molar-refractivity contribution is 0.285. The first-order valence-corrected chi connectivity index (χ1v) is 9.75. The van der Waals surface area contributed by atoms with Gasteiger partial charge in [0.1, 0.15) is 0 Å². The SMILES string of the molecule is Cc1cc(OCCCCCN2CCSC2)nc2ccc(Cl)cc12. The first-order valence-electron chi connectivity index (χ1n) is 8.22. The number of aromatic nitrogens is 1. The summed E-state index contributed by atoms with van der Waals surface area (Å²) in [4.78, 5) is 7.10. The van der Waals surface area contributed by atoms with Crippen molar-refractivity contribution in [3.8, 4) is 5.88 Å². The Morgan fingerprint density at radius 1 is 1.26 bits per heavy atom. The molecule has 1 aliphatic rings. The van der Waals surface area contributed by atoms with E-state index in [1.54, 1.807) is 0 Å². The lowest BCUT2D eigenvalue weighted by Crippen LogP contribution is -2.20. The lowest BCUT2D eigenvalue weighted by atomic mass is 10.1. The predicted octanol–water partition coefficient (Wildman–Crippen LogP) is 4.75. The van der Waals surface area contributed by atoms with E-state index in [0.29, 0.717) is 5.88 Å². The van der Waals surface area contributed by atoms with E-state index in [1.807, 2.05) is 36.0 Å². The normalized spacial score (nSPS) is 15.4. The van der Waals surface area contributed by atoms with Gasteiger partial charge in [-0.2, -0.15) is 0 Å². The molecule has 1 aromatic carbocycles. The third-order valence-electron chi connectivity index (χ3n) is 4.15. The highest BCUT2D eigenvalue weighted by molar-refractivity contribution is 7.99. The summed E-state index contributed by atoms with van der Waals surface area (Å²) in [5.74, 6) is 3.22. The number of halogens is 1. The van der Waals surface area contributed by atoms with E-state index in [2.05, 4.69) is 16.8 Å². The number of fused-ring (bicyclic) bond motifs is 1. The molecule has 124 valence electrons. The maximum Gasteiger partial charge on any atom is 0.214 e. The number of hydrogen-bond donors (Lipinski definition) is 0. The summed E-state index contributed by atoms with van der Waals surface area (Å²) in [5, 5.41) is 1.83. The Labute approximate surface area is 147 Å². The molecule has 0 unspecified atom stereocenters. The summed E-state index contributed by atoms with van der Waals surface area (Å²) in [6.45, 7) is 5.29. The van der Waals surface area contributed by atoms with Gasteiger partial charge in [-0.05, 0) is 56.5 Å². The van der Waals surface area contributed by atoms with Crippen molar-refractivity contribution in [3.63, 3.8) is 0 Å². The predicted molar refractivity (Wildman–Crippen MR) is 99.7 cm³/mol. The van der Waals surface area contributed by atoms with E-state index in [0.717, 1.165) is 34.5 Å². The molecular formula is C18H23ClN2OS. The molecule has 2 heterocycles. The highest BCUT2D eigenvalue weighted by atomic mass is 35.5. The molecule has 0 bridgehead atoms. The molecule has 0 aliphatic carbocycles. The summed E-state index contributed by atoms with van der Waals surface area (Å²) in [6.07, 6.45) is 3.55. The number of hydrogen-bond acceptors (Lipinski definition) is 4. The molecule has 0 N–H and O–H groups in total. The maximum atomic E-state index is 6.05. The van der Waals surface area contributed by atoms with Crippen LogP contribution in [0.25, 0.3) is 10.9 Å². The minimum absolute atomic E-state index is 0.716. The molecule has 2 aromatic rings. The van der Waals surface area contributed by atoms with E-state index in [9.17, 15) is 0 Å². The average Bonchev–Trinajstić information content (AvgIpc) is 3.05. The lowest BCUT2D eigenvalue weighted by Gasteiger charge is -2.13. The van der Waals surface area contributed by atoms with Gasteiger partial charge in [0.05, 0.1) is 12.1 Å². The number of unbranched alkanes of at least 4 members (excludes halogenated alkanes) is 2. The van der Waals surface area contributed by atoms with Gasteiger partial charge in [0.15, 0.2) is 0 Å². The van der Waals surface area contributed by atoms with Crippen molar-refractivity contribution in [1.29, 1.82) is 0 Å². The van der Waals surface area contributed by atoms with Crippen molar-refractivity contribution in [2.24, 2.45) is 0 Å². The zero-order valence-electron chi connectivity index (χ0n) is 13.6. The third-order valence-corrected chi connectivity index (χ3v) is 5.40. The summed E-state index contributed by atoms with van der Waals surface area (Å²) in [6, 6.07) is 7.78.